The van der Waals surface area contributed by atoms with E-state index in [0.717, 1.165) is 10.8 Å². The molecule has 0 aliphatic heterocycles. The molecule has 0 saturated carbocycles. The summed E-state index contributed by atoms with van der Waals surface area (Å²) < 4.78 is 36.0. The van der Waals surface area contributed by atoms with Crippen LogP contribution >= 0.6 is 11.6 Å². The molecule has 3 aromatic rings. The van der Waals surface area contributed by atoms with Crippen LogP contribution in [0.15, 0.2) is 59.5 Å². The van der Waals surface area contributed by atoms with E-state index in [1.807, 2.05) is 24.3 Å². The maximum Gasteiger partial charge on any atom is 0.339 e. The summed E-state index contributed by atoms with van der Waals surface area (Å²) in [5.41, 5.74) is 0.258. The number of hydrogen-bond donors (Lipinski definition) is 0. The summed E-state index contributed by atoms with van der Waals surface area (Å²) in [4.78, 5) is 11.0. The Balaban J connectivity index is 2.04. The minimum absolute atomic E-state index is 0.00539. The van der Waals surface area contributed by atoms with Crippen LogP contribution in [-0.4, -0.2) is 21.3 Å². The van der Waals surface area contributed by atoms with Crippen LogP contribution in [0.5, 0.6) is 11.5 Å². The largest absolute Gasteiger partial charge is 0.490 e. The molecule has 0 aliphatic rings. The number of ether oxygens (including phenoxy) is 1. The lowest BCUT2D eigenvalue weighted by molar-refractivity contribution is 0.112. The first-order valence-corrected chi connectivity index (χ1v) is 9.58. The van der Waals surface area contributed by atoms with Crippen LogP contribution in [0.2, 0.25) is 5.02 Å². The summed E-state index contributed by atoms with van der Waals surface area (Å²) in [5, 5.41) is 1.65. The number of fused-ring (bicyclic) bond motifs is 1. The second-order valence-corrected chi connectivity index (χ2v) is 7.38. The summed E-state index contributed by atoms with van der Waals surface area (Å²) in [5.74, 6) is -0.0567. The van der Waals surface area contributed by atoms with Gasteiger partial charge in [0, 0.05) is 5.56 Å². The quantitative estimate of drug-likeness (QED) is 0.458. The van der Waals surface area contributed by atoms with Crippen molar-refractivity contribution in [1.82, 2.24) is 0 Å². The fourth-order valence-corrected chi connectivity index (χ4v) is 3.78. The molecule has 0 N–H and O–H groups in total. The molecule has 0 spiro atoms. The van der Waals surface area contributed by atoms with Crippen LogP contribution < -0.4 is 8.92 Å². The van der Waals surface area contributed by atoms with E-state index in [9.17, 15) is 13.2 Å². The highest BCUT2D eigenvalue weighted by molar-refractivity contribution is 7.87. The lowest BCUT2D eigenvalue weighted by Crippen LogP contribution is -2.11. The van der Waals surface area contributed by atoms with Crippen molar-refractivity contribution in [3.8, 4) is 11.5 Å². The van der Waals surface area contributed by atoms with E-state index in [0.29, 0.717) is 6.29 Å². The molecule has 0 amide bonds. The highest BCUT2D eigenvalue weighted by Gasteiger charge is 2.22. The van der Waals surface area contributed by atoms with Gasteiger partial charge in [-0.1, -0.05) is 41.9 Å². The molecule has 3 rings (SSSR count). The SMILES string of the molecule is CCOc1cc(C=O)cc(Cl)c1OS(=O)(=O)c1ccc2ccccc2c1. The smallest absolute Gasteiger partial charge is 0.339 e. The van der Waals surface area contributed by atoms with Gasteiger partial charge in [0.2, 0.25) is 5.75 Å². The van der Waals surface area contributed by atoms with Crippen LogP contribution in [-0.2, 0) is 10.1 Å². The number of aldehydes is 1. The van der Waals surface area contributed by atoms with Gasteiger partial charge in [-0.2, -0.15) is 8.42 Å². The lowest BCUT2D eigenvalue weighted by atomic mass is 10.1. The van der Waals surface area contributed by atoms with Gasteiger partial charge in [-0.25, -0.2) is 0 Å². The Morgan fingerprint density at radius 1 is 1.04 bits per heavy atom. The molecular weight excluding hydrogens is 376 g/mol. The summed E-state index contributed by atoms with van der Waals surface area (Å²) >= 11 is 6.11. The first-order chi connectivity index (χ1) is 12.4. The van der Waals surface area contributed by atoms with Crippen LogP contribution in [0, 0.1) is 0 Å². The van der Waals surface area contributed by atoms with Crippen molar-refractivity contribution < 1.29 is 22.1 Å². The number of hydrogen-bond acceptors (Lipinski definition) is 5. The van der Waals surface area contributed by atoms with Gasteiger partial charge in [0.25, 0.3) is 0 Å². The predicted octanol–water partition coefficient (Wildman–Crippen LogP) is 4.47. The molecule has 0 saturated heterocycles. The molecule has 0 radical (unpaired) electrons. The lowest BCUT2D eigenvalue weighted by Gasteiger charge is -2.14. The molecule has 0 aromatic heterocycles. The van der Waals surface area contributed by atoms with E-state index in [1.165, 1.54) is 24.3 Å². The van der Waals surface area contributed by atoms with Crippen LogP contribution in [0.1, 0.15) is 17.3 Å². The van der Waals surface area contributed by atoms with E-state index in [-0.39, 0.29) is 33.6 Å². The molecule has 0 heterocycles. The van der Waals surface area contributed by atoms with Crippen molar-refractivity contribution in [1.29, 1.82) is 0 Å². The zero-order valence-electron chi connectivity index (χ0n) is 13.8. The Hall–Kier alpha value is -2.57. The monoisotopic (exact) mass is 390 g/mol. The second kappa shape index (κ2) is 7.35. The maximum absolute atomic E-state index is 12.7. The van der Waals surface area contributed by atoms with E-state index >= 15 is 0 Å². The molecule has 7 heteroatoms. The Kier molecular flexibility index (Phi) is 5.15. The minimum atomic E-state index is -4.14. The number of rotatable bonds is 6. The summed E-state index contributed by atoms with van der Waals surface area (Å²) in [6.07, 6.45) is 0.593. The van der Waals surface area contributed by atoms with Crippen molar-refractivity contribution in [2.24, 2.45) is 0 Å². The van der Waals surface area contributed by atoms with Gasteiger partial charge in [0.05, 0.1) is 11.6 Å². The minimum Gasteiger partial charge on any atom is -0.490 e. The van der Waals surface area contributed by atoms with E-state index < -0.39 is 10.1 Å². The highest BCUT2D eigenvalue weighted by atomic mass is 35.5. The Labute approximate surface area is 156 Å². The predicted molar refractivity (Wildman–Crippen MR) is 99.8 cm³/mol. The summed E-state index contributed by atoms with van der Waals surface area (Å²) in [6.45, 7) is 1.98. The molecule has 26 heavy (non-hydrogen) atoms. The topological polar surface area (TPSA) is 69.7 Å². The molecule has 0 bridgehead atoms. The zero-order valence-corrected chi connectivity index (χ0v) is 15.4. The molecular formula is C19H15ClO5S. The number of carbonyl (C=O) groups is 1. The Morgan fingerprint density at radius 2 is 1.77 bits per heavy atom. The van der Waals surface area contributed by atoms with Gasteiger partial charge in [0.15, 0.2) is 5.75 Å². The number of halogens is 1. The average Bonchev–Trinajstić information content (AvgIpc) is 2.64. The average molecular weight is 391 g/mol. The van der Waals surface area contributed by atoms with Crippen molar-refractivity contribution in [2.45, 2.75) is 11.8 Å². The third-order valence-corrected chi connectivity index (χ3v) is 5.17. The van der Waals surface area contributed by atoms with Gasteiger partial charge in [-0.05, 0) is 42.0 Å². The summed E-state index contributed by atoms with van der Waals surface area (Å²) in [6, 6.07) is 14.8. The normalized spacial score (nSPS) is 11.3. The van der Waals surface area contributed by atoms with Gasteiger partial charge in [-0.15, -0.1) is 0 Å². The molecule has 0 atom stereocenters. The van der Waals surface area contributed by atoms with Crippen molar-refractivity contribution in [3.63, 3.8) is 0 Å². The molecule has 0 fully saturated rings. The van der Waals surface area contributed by atoms with Gasteiger partial charge in [-0.3, -0.25) is 4.79 Å². The number of carbonyl (C=O) groups excluding carboxylic acids is 1. The van der Waals surface area contributed by atoms with Gasteiger partial charge < -0.3 is 8.92 Å². The number of benzene rings is 3. The molecule has 0 aliphatic carbocycles. The van der Waals surface area contributed by atoms with Crippen LogP contribution in [0.4, 0.5) is 0 Å². The highest BCUT2D eigenvalue weighted by Crippen LogP contribution is 2.38. The molecule has 134 valence electrons. The second-order valence-electron chi connectivity index (χ2n) is 5.43. The third kappa shape index (κ3) is 3.66. The third-order valence-electron chi connectivity index (χ3n) is 3.67. The van der Waals surface area contributed by atoms with E-state index in [1.54, 1.807) is 13.0 Å². The fourth-order valence-electron chi connectivity index (χ4n) is 2.48. The maximum atomic E-state index is 12.7. The fraction of sp³-hybridized carbons (Fsp3) is 0.105. The standard InChI is InChI=1S/C19H15ClO5S/c1-2-24-18-10-13(12-21)9-17(20)19(18)25-26(22,23)16-8-7-14-5-3-4-6-15(14)11-16/h3-12H,2H2,1H3. The molecule has 5 nitrogen and oxygen atoms in total. The van der Waals surface area contributed by atoms with E-state index in [4.69, 9.17) is 20.5 Å². The van der Waals surface area contributed by atoms with Gasteiger partial charge >= 0.3 is 10.1 Å². The Morgan fingerprint density at radius 3 is 2.46 bits per heavy atom. The van der Waals surface area contributed by atoms with E-state index in [2.05, 4.69) is 0 Å². The van der Waals surface area contributed by atoms with Crippen molar-refractivity contribution >= 4 is 38.8 Å². The van der Waals surface area contributed by atoms with Crippen molar-refractivity contribution in [3.05, 3.63) is 65.2 Å². The van der Waals surface area contributed by atoms with Crippen LogP contribution in [0.3, 0.4) is 0 Å². The Bertz CT molecular complexity index is 1080. The van der Waals surface area contributed by atoms with Crippen molar-refractivity contribution in [2.75, 3.05) is 6.61 Å². The molecule has 3 aromatic carbocycles. The molecule has 0 unspecified atom stereocenters. The van der Waals surface area contributed by atoms with Gasteiger partial charge in [0.1, 0.15) is 11.2 Å². The van der Waals surface area contributed by atoms with Crippen LogP contribution in [0.25, 0.3) is 10.8 Å². The zero-order chi connectivity index (χ0) is 18.7. The first kappa shape index (κ1) is 18.2. The summed E-state index contributed by atoms with van der Waals surface area (Å²) in [7, 11) is -4.14. The first-order valence-electron chi connectivity index (χ1n) is 7.79.